The average Bonchev–Trinajstić information content (AvgIpc) is 2.80. The molecule has 0 fully saturated rings. The van der Waals surface area contributed by atoms with Crippen molar-refractivity contribution >= 4 is 5.69 Å². The Balaban J connectivity index is 2.08. The Hall–Kier alpha value is -1.92. The number of rotatable bonds is 3. The molecule has 0 atom stereocenters. The maximum absolute atomic E-state index is 5.82. The van der Waals surface area contributed by atoms with E-state index in [1.54, 1.807) is 11.0 Å². The summed E-state index contributed by atoms with van der Waals surface area (Å²) in [5.41, 5.74) is 8.43. The van der Waals surface area contributed by atoms with E-state index in [2.05, 4.69) is 20.6 Å². The standard InChI is InChI=1S/C8H13N7/c1-6-8(9)7(2)15(11-6)4-3-14-5-10-12-13-14/h5H,3-4,9H2,1-2H3. The lowest BCUT2D eigenvalue weighted by Gasteiger charge is -2.03. The third-order valence-electron chi connectivity index (χ3n) is 2.37. The van der Waals surface area contributed by atoms with E-state index in [-0.39, 0.29) is 0 Å². The van der Waals surface area contributed by atoms with Gasteiger partial charge in [-0.05, 0) is 24.3 Å². The van der Waals surface area contributed by atoms with E-state index in [1.807, 2.05) is 18.5 Å². The largest absolute Gasteiger partial charge is 0.396 e. The zero-order valence-corrected chi connectivity index (χ0v) is 8.75. The van der Waals surface area contributed by atoms with Crippen LogP contribution in [0, 0.1) is 13.8 Å². The number of nitrogens with two attached hydrogens (primary N) is 1. The van der Waals surface area contributed by atoms with Crippen LogP contribution in [-0.4, -0.2) is 30.0 Å². The summed E-state index contributed by atoms with van der Waals surface area (Å²) in [6, 6.07) is 0. The molecular weight excluding hydrogens is 194 g/mol. The number of nitrogen functional groups attached to an aromatic ring is 1. The number of tetrazole rings is 1. The molecule has 0 aliphatic rings. The molecule has 0 aromatic carbocycles. The van der Waals surface area contributed by atoms with Crippen molar-refractivity contribution in [1.82, 2.24) is 30.0 Å². The van der Waals surface area contributed by atoms with Crippen molar-refractivity contribution in [3.63, 3.8) is 0 Å². The summed E-state index contributed by atoms with van der Waals surface area (Å²) in [4.78, 5) is 0. The molecule has 0 saturated carbocycles. The molecule has 0 unspecified atom stereocenters. The van der Waals surface area contributed by atoms with E-state index in [0.29, 0.717) is 6.54 Å². The number of nitrogens with zero attached hydrogens (tertiary/aromatic N) is 6. The molecular formula is C8H13N7. The van der Waals surface area contributed by atoms with E-state index in [9.17, 15) is 0 Å². The first kappa shape index (κ1) is 9.63. The summed E-state index contributed by atoms with van der Waals surface area (Å²) < 4.78 is 3.53. The van der Waals surface area contributed by atoms with Crippen molar-refractivity contribution in [3.05, 3.63) is 17.7 Å². The van der Waals surface area contributed by atoms with E-state index in [0.717, 1.165) is 23.6 Å². The van der Waals surface area contributed by atoms with Gasteiger partial charge in [-0.25, -0.2) is 4.68 Å². The SMILES string of the molecule is Cc1nn(CCn2cnnn2)c(C)c1N. The third-order valence-corrected chi connectivity index (χ3v) is 2.37. The van der Waals surface area contributed by atoms with Gasteiger partial charge in [0.25, 0.3) is 0 Å². The highest BCUT2D eigenvalue weighted by Gasteiger charge is 2.07. The lowest BCUT2D eigenvalue weighted by atomic mass is 10.3. The molecule has 0 aliphatic carbocycles. The van der Waals surface area contributed by atoms with Crippen molar-refractivity contribution in [2.24, 2.45) is 0 Å². The molecule has 7 heteroatoms. The number of hydrogen-bond acceptors (Lipinski definition) is 5. The molecule has 0 amide bonds. The van der Waals surface area contributed by atoms with Crippen molar-refractivity contribution in [2.45, 2.75) is 26.9 Å². The van der Waals surface area contributed by atoms with Crippen LogP contribution in [0.4, 0.5) is 5.69 Å². The van der Waals surface area contributed by atoms with Crippen molar-refractivity contribution in [3.8, 4) is 0 Å². The van der Waals surface area contributed by atoms with Crippen LogP contribution in [0.2, 0.25) is 0 Å². The second-order valence-electron chi connectivity index (χ2n) is 3.38. The molecule has 2 heterocycles. The van der Waals surface area contributed by atoms with Crippen LogP contribution in [0.3, 0.4) is 0 Å². The highest BCUT2D eigenvalue weighted by molar-refractivity contribution is 5.46. The third kappa shape index (κ3) is 1.80. The molecule has 2 aromatic rings. The maximum Gasteiger partial charge on any atom is 0.138 e. The average molecular weight is 207 g/mol. The number of aromatic nitrogens is 6. The lowest BCUT2D eigenvalue weighted by molar-refractivity contribution is 0.481. The summed E-state index contributed by atoms with van der Waals surface area (Å²) in [5, 5.41) is 15.2. The second-order valence-corrected chi connectivity index (χ2v) is 3.38. The topological polar surface area (TPSA) is 87.4 Å². The summed E-state index contributed by atoms with van der Waals surface area (Å²) in [7, 11) is 0. The molecule has 0 spiro atoms. The number of aryl methyl sites for hydroxylation is 3. The minimum atomic E-state index is 0.689. The number of anilines is 1. The fourth-order valence-corrected chi connectivity index (χ4v) is 1.41. The maximum atomic E-state index is 5.82. The first-order valence-electron chi connectivity index (χ1n) is 4.68. The fraction of sp³-hybridized carbons (Fsp3) is 0.500. The quantitative estimate of drug-likeness (QED) is 0.751. The van der Waals surface area contributed by atoms with Crippen molar-refractivity contribution in [2.75, 3.05) is 5.73 Å². The molecule has 15 heavy (non-hydrogen) atoms. The zero-order chi connectivity index (χ0) is 10.8. The molecule has 7 nitrogen and oxygen atoms in total. The van der Waals surface area contributed by atoms with Crippen LogP contribution in [0.15, 0.2) is 6.33 Å². The predicted molar refractivity (Wildman–Crippen MR) is 53.9 cm³/mol. The van der Waals surface area contributed by atoms with Crippen molar-refractivity contribution in [1.29, 1.82) is 0 Å². The van der Waals surface area contributed by atoms with E-state index in [4.69, 9.17) is 5.73 Å². The molecule has 2 rings (SSSR count). The van der Waals surface area contributed by atoms with E-state index in [1.165, 1.54) is 0 Å². The Bertz CT molecular complexity index is 442. The Morgan fingerprint density at radius 2 is 2.13 bits per heavy atom. The number of hydrogen-bond donors (Lipinski definition) is 1. The molecule has 0 bridgehead atoms. The summed E-state index contributed by atoms with van der Waals surface area (Å²) in [5.74, 6) is 0. The van der Waals surface area contributed by atoms with Crippen LogP contribution in [-0.2, 0) is 13.1 Å². The van der Waals surface area contributed by atoms with Gasteiger partial charge in [-0.15, -0.1) is 5.10 Å². The molecule has 0 aliphatic heterocycles. The smallest absolute Gasteiger partial charge is 0.138 e. The highest BCUT2D eigenvalue weighted by atomic mass is 15.5. The van der Waals surface area contributed by atoms with Gasteiger partial charge in [-0.2, -0.15) is 5.10 Å². The Morgan fingerprint density at radius 1 is 1.33 bits per heavy atom. The Labute approximate surface area is 86.9 Å². The van der Waals surface area contributed by atoms with Crippen LogP contribution in [0.25, 0.3) is 0 Å². The molecule has 2 N–H and O–H groups in total. The minimum Gasteiger partial charge on any atom is -0.396 e. The fourth-order valence-electron chi connectivity index (χ4n) is 1.41. The van der Waals surface area contributed by atoms with Gasteiger partial charge in [0.1, 0.15) is 6.33 Å². The summed E-state index contributed by atoms with van der Waals surface area (Å²) in [6.45, 7) is 5.26. The van der Waals surface area contributed by atoms with Gasteiger partial charge in [-0.3, -0.25) is 4.68 Å². The van der Waals surface area contributed by atoms with Gasteiger partial charge >= 0.3 is 0 Å². The minimum absolute atomic E-state index is 0.689. The van der Waals surface area contributed by atoms with Gasteiger partial charge < -0.3 is 5.73 Å². The van der Waals surface area contributed by atoms with Gasteiger partial charge in [0.15, 0.2) is 0 Å². The van der Waals surface area contributed by atoms with Gasteiger partial charge in [-0.1, -0.05) is 0 Å². The predicted octanol–water partition coefficient (Wildman–Crippen LogP) is -0.231. The molecule has 2 aromatic heterocycles. The van der Waals surface area contributed by atoms with E-state index >= 15 is 0 Å². The van der Waals surface area contributed by atoms with Crippen LogP contribution in [0.5, 0.6) is 0 Å². The van der Waals surface area contributed by atoms with Gasteiger partial charge in [0, 0.05) is 0 Å². The second kappa shape index (κ2) is 3.68. The first-order chi connectivity index (χ1) is 7.18. The normalized spacial score (nSPS) is 10.8. The monoisotopic (exact) mass is 207 g/mol. The van der Waals surface area contributed by atoms with E-state index < -0.39 is 0 Å². The summed E-state index contributed by atoms with van der Waals surface area (Å²) in [6.07, 6.45) is 1.58. The molecule has 80 valence electrons. The van der Waals surface area contributed by atoms with Crippen LogP contribution < -0.4 is 5.73 Å². The van der Waals surface area contributed by atoms with Gasteiger partial charge in [0.2, 0.25) is 0 Å². The zero-order valence-electron chi connectivity index (χ0n) is 8.75. The molecule has 0 radical (unpaired) electrons. The highest BCUT2D eigenvalue weighted by Crippen LogP contribution is 2.14. The van der Waals surface area contributed by atoms with Crippen LogP contribution >= 0.6 is 0 Å². The first-order valence-corrected chi connectivity index (χ1v) is 4.68. The van der Waals surface area contributed by atoms with Crippen molar-refractivity contribution < 1.29 is 0 Å². The summed E-state index contributed by atoms with van der Waals surface area (Å²) >= 11 is 0. The molecule has 0 saturated heterocycles. The lowest BCUT2D eigenvalue weighted by Crippen LogP contribution is -2.10. The van der Waals surface area contributed by atoms with Crippen LogP contribution in [0.1, 0.15) is 11.4 Å². The Kier molecular flexibility index (Phi) is 2.36. The Morgan fingerprint density at radius 3 is 2.67 bits per heavy atom. The van der Waals surface area contributed by atoms with Gasteiger partial charge in [0.05, 0.1) is 30.2 Å².